The van der Waals surface area contributed by atoms with E-state index in [0.29, 0.717) is 31.2 Å². The molecule has 3 rings (SSSR count). The molecule has 0 saturated carbocycles. The number of anilines is 2. The molecule has 7 nitrogen and oxygen atoms in total. The monoisotopic (exact) mass is 418 g/mol. The van der Waals surface area contributed by atoms with Crippen molar-refractivity contribution in [3.05, 3.63) is 48.0 Å². The first-order valence-electron chi connectivity index (χ1n) is 9.62. The molecular formula is C21H26N2O5S. The second-order valence-electron chi connectivity index (χ2n) is 6.75. The number of hydrogen-bond donors (Lipinski definition) is 1. The van der Waals surface area contributed by atoms with Gasteiger partial charge >= 0.3 is 0 Å². The van der Waals surface area contributed by atoms with E-state index in [1.165, 1.54) is 12.1 Å². The van der Waals surface area contributed by atoms with E-state index in [9.17, 15) is 13.2 Å². The van der Waals surface area contributed by atoms with Crippen LogP contribution in [-0.2, 0) is 26.0 Å². The molecule has 1 aliphatic heterocycles. The molecule has 1 N–H and O–H groups in total. The van der Waals surface area contributed by atoms with Gasteiger partial charge in [-0.2, -0.15) is 0 Å². The zero-order chi connectivity index (χ0) is 20.9. The molecule has 2 aromatic rings. The van der Waals surface area contributed by atoms with Gasteiger partial charge in [0.05, 0.1) is 30.2 Å². The van der Waals surface area contributed by atoms with Crippen LogP contribution in [0.5, 0.6) is 5.75 Å². The van der Waals surface area contributed by atoms with Crippen molar-refractivity contribution in [1.29, 1.82) is 0 Å². The van der Waals surface area contributed by atoms with E-state index in [4.69, 9.17) is 9.47 Å². The summed E-state index contributed by atoms with van der Waals surface area (Å²) in [6.07, 6.45) is 2.02. The van der Waals surface area contributed by atoms with Crippen LogP contribution in [0, 0.1) is 0 Å². The van der Waals surface area contributed by atoms with Crippen LogP contribution >= 0.6 is 0 Å². The number of amides is 1. The van der Waals surface area contributed by atoms with Crippen LogP contribution in [0.4, 0.5) is 11.4 Å². The number of nitrogens with one attached hydrogen (secondary N) is 1. The maximum absolute atomic E-state index is 12.7. The van der Waals surface area contributed by atoms with Gasteiger partial charge in [0.1, 0.15) is 5.75 Å². The highest BCUT2D eigenvalue weighted by atomic mass is 32.2. The third-order valence-corrected chi connectivity index (χ3v) is 6.12. The Morgan fingerprint density at radius 3 is 2.62 bits per heavy atom. The van der Waals surface area contributed by atoms with E-state index in [0.717, 1.165) is 24.1 Å². The average Bonchev–Trinajstić information content (AvgIpc) is 2.72. The van der Waals surface area contributed by atoms with Crippen molar-refractivity contribution in [3.8, 4) is 5.75 Å². The van der Waals surface area contributed by atoms with Crippen LogP contribution in [0.2, 0.25) is 0 Å². The maximum Gasteiger partial charge on any atom is 0.261 e. The van der Waals surface area contributed by atoms with E-state index in [1.807, 2.05) is 13.0 Å². The second-order valence-corrected chi connectivity index (χ2v) is 8.43. The number of benzene rings is 2. The van der Waals surface area contributed by atoms with E-state index in [2.05, 4.69) is 4.72 Å². The Labute approximate surface area is 171 Å². The molecule has 8 heteroatoms. The molecule has 0 radical (unpaired) electrons. The van der Waals surface area contributed by atoms with E-state index in [1.54, 1.807) is 36.3 Å². The third-order valence-electron chi connectivity index (χ3n) is 4.72. The lowest BCUT2D eigenvalue weighted by Gasteiger charge is -2.30. The topological polar surface area (TPSA) is 84.9 Å². The van der Waals surface area contributed by atoms with Crippen molar-refractivity contribution < 1.29 is 22.7 Å². The normalized spacial score (nSPS) is 13.7. The molecule has 156 valence electrons. The third kappa shape index (κ3) is 5.07. The minimum Gasteiger partial charge on any atom is -0.494 e. The number of aryl methyl sites for hydroxylation is 1. The fourth-order valence-electron chi connectivity index (χ4n) is 3.32. The number of rotatable bonds is 8. The van der Waals surface area contributed by atoms with E-state index < -0.39 is 10.0 Å². The van der Waals surface area contributed by atoms with Crippen molar-refractivity contribution in [1.82, 2.24) is 0 Å². The van der Waals surface area contributed by atoms with Gasteiger partial charge in [-0.1, -0.05) is 6.07 Å². The summed E-state index contributed by atoms with van der Waals surface area (Å²) >= 11 is 0. The standard InChI is InChI=1S/C21H26N2O5S/c1-3-28-18-8-10-19(11-9-18)29(25,26)22-17-7-6-16-5-4-13-23(20(16)15-17)21(24)12-14-27-2/h6-11,15,22H,3-5,12-14H2,1-2H3. The number of methoxy groups -OCH3 is 1. The summed E-state index contributed by atoms with van der Waals surface area (Å²) in [6, 6.07) is 11.6. The Morgan fingerprint density at radius 1 is 1.17 bits per heavy atom. The molecule has 0 aliphatic carbocycles. The molecule has 0 saturated heterocycles. The molecule has 0 unspecified atom stereocenters. The summed E-state index contributed by atoms with van der Waals surface area (Å²) in [6.45, 7) is 3.35. The van der Waals surface area contributed by atoms with Gasteiger partial charge in [0, 0.05) is 19.3 Å². The first-order valence-corrected chi connectivity index (χ1v) is 11.1. The molecule has 1 aliphatic rings. The van der Waals surface area contributed by atoms with Crippen molar-refractivity contribution in [2.45, 2.75) is 31.1 Å². The smallest absolute Gasteiger partial charge is 0.261 e. The first kappa shape index (κ1) is 21.1. The zero-order valence-electron chi connectivity index (χ0n) is 16.7. The zero-order valence-corrected chi connectivity index (χ0v) is 17.5. The quantitative estimate of drug-likeness (QED) is 0.712. The largest absolute Gasteiger partial charge is 0.494 e. The van der Waals surface area contributed by atoms with Crippen LogP contribution in [-0.4, -0.2) is 41.2 Å². The fourth-order valence-corrected chi connectivity index (χ4v) is 4.37. The highest BCUT2D eigenvalue weighted by Gasteiger charge is 2.23. The van der Waals surface area contributed by atoms with Crippen LogP contribution < -0.4 is 14.4 Å². The molecule has 29 heavy (non-hydrogen) atoms. The number of carbonyl (C=O) groups excluding carboxylic acids is 1. The van der Waals surface area contributed by atoms with Crippen LogP contribution in [0.1, 0.15) is 25.3 Å². The molecule has 0 aromatic heterocycles. The first-order chi connectivity index (χ1) is 13.9. The van der Waals surface area contributed by atoms with Crippen LogP contribution in [0.25, 0.3) is 0 Å². The lowest BCUT2D eigenvalue weighted by molar-refractivity contribution is -0.119. The van der Waals surface area contributed by atoms with Gasteiger partial charge in [0.2, 0.25) is 5.91 Å². The Hall–Kier alpha value is -2.58. The second kappa shape index (κ2) is 9.28. The molecule has 1 heterocycles. The van der Waals surface area contributed by atoms with Gasteiger partial charge in [-0.05, 0) is 61.7 Å². The van der Waals surface area contributed by atoms with Gasteiger partial charge in [-0.15, -0.1) is 0 Å². The van der Waals surface area contributed by atoms with Gasteiger partial charge in [0.25, 0.3) is 10.0 Å². The summed E-state index contributed by atoms with van der Waals surface area (Å²) in [5, 5.41) is 0. The van der Waals surface area contributed by atoms with E-state index >= 15 is 0 Å². The Morgan fingerprint density at radius 2 is 1.93 bits per heavy atom. The van der Waals surface area contributed by atoms with E-state index in [-0.39, 0.29) is 17.2 Å². The minimum atomic E-state index is -3.75. The number of carbonyl (C=O) groups is 1. The summed E-state index contributed by atoms with van der Waals surface area (Å²) < 4.78 is 38.5. The Kier molecular flexibility index (Phi) is 6.76. The van der Waals surface area contributed by atoms with Crippen LogP contribution in [0.15, 0.2) is 47.4 Å². The molecule has 0 fully saturated rings. The summed E-state index contributed by atoms with van der Waals surface area (Å²) in [5.74, 6) is 0.588. The van der Waals surface area contributed by atoms with Crippen LogP contribution in [0.3, 0.4) is 0 Å². The fraction of sp³-hybridized carbons (Fsp3) is 0.381. The number of nitrogens with zero attached hydrogens (tertiary/aromatic N) is 1. The number of sulfonamides is 1. The maximum atomic E-state index is 12.7. The highest BCUT2D eigenvalue weighted by Crippen LogP contribution is 2.31. The number of ether oxygens (including phenoxy) is 2. The molecular weight excluding hydrogens is 392 g/mol. The Balaban J connectivity index is 1.82. The number of fused-ring (bicyclic) bond motifs is 1. The van der Waals surface area contributed by atoms with Gasteiger partial charge in [0.15, 0.2) is 0 Å². The molecule has 0 spiro atoms. The summed E-state index contributed by atoms with van der Waals surface area (Å²) in [7, 11) is -2.19. The molecule has 1 amide bonds. The molecule has 0 bridgehead atoms. The highest BCUT2D eigenvalue weighted by molar-refractivity contribution is 7.92. The van der Waals surface area contributed by atoms with Crippen molar-refractivity contribution >= 4 is 27.3 Å². The lowest BCUT2D eigenvalue weighted by atomic mass is 10.0. The lowest BCUT2D eigenvalue weighted by Crippen LogP contribution is -2.36. The molecule has 2 aromatic carbocycles. The average molecular weight is 419 g/mol. The SMILES string of the molecule is CCOc1ccc(S(=O)(=O)Nc2ccc3c(c2)N(C(=O)CCOC)CCC3)cc1. The molecule has 0 atom stereocenters. The minimum absolute atomic E-state index is 0.0284. The Bertz CT molecular complexity index is 958. The number of hydrogen-bond acceptors (Lipinski definition) is 5. The van der Waals surface area contributed by atoms with Crippen molar-refractivity contribution in [3.63, 3.8) is 0 Å². The van der Waals surface area contributed by atoms with Crippen molar-refractivity contribution in [2.75, 3.05) is 36.5 Å². The predicted molar refractivity (Wildman–Crippen MR) is 112 cm³/mol. The van der Waals surface area contributed by atoms with Gasteiger partial charge in [-0.3, -0.25) is 9.52 Å². The van der Waals surface area contributed by atoms with Crippen molar-refractivity contribution in [2.24, 2.45) is 0 Å². The van der Waals surface area contributed by atoms with Gasteiger partial charge in [-0.25, -0.2) is 8.42 Å². The predicted octanol–water partition coefficient (Wildman–Crippen LogP) is 3.20. The summed E-state index contributed by atoms with van der Waals surface area (Å²) in [5.41, 5.74) is 2.21. The summed E-state index contributed by atoms with van der Waals surface area (Å²) in [4.78, 5) is 14.4. The van der Waals surface area contributed by atoms with Gasteiger partial charge < -0.3 is 14.4 Å².